The molecule has 29 heavy (non-hydrogen) atoms. The lowest BCUT2D eigenvalue weighted by atomic mass is 9.85. The molecule has 0 amide bonds. The number of ether oxygens (including phenoxy) is 1. The highest BCUT2D eigenvalue weighted by Crippen LogP contribution is 2.31. The molecule has 0 aromatic carbocycles. The van der Waals surface area contributed by atoms with Crippen LogP contribution in [0, 0.1) is 6.92 Å². The lowest BCUT2D eigenvalue weighted by Crippen LogP contribution is -2.35. The Morgan fingerprint density at radius 2 is 2.00 bits per heavy atom. The Hall–Kier alpha value is -2.02. The van der Waals surface area contributed by atoms with Crippen LogP contribution in [-0.4, -0.2) is 54.1 Å². The van der Waals surface area contributed by atoms with E-state index in [2.05, 4.69) is 31.1 Å². The molecule has 0 bridgehead atoms. The lowest BCUT2D eigenvalue weighted by Gasteiger charge is -2.24. The molecule has 160 valence electrons. The largest absolute Gasteiger partial charge is 0.483 e. The number of rotatable bonds is 8. The average molecular weight is 500 g/mol. The van der Waals surface area contributed by atoms with Crippen molar-refractivity contribution >= 4 is 31.6 Å². The Morgan fingerprint density at radius 1 is 1.34 bits per heavy atom. The van der Waals surface area contributed by atoms with Gasteiger partial charge in [0.1, 0.15) is 21.3 Å². The first-order chi connectivity index (χ1) is 13.2. The number of hydrogen-bond acceptors (Lipinski definition) is 8. The van der Waals surface area contributed by atoms with Crippen LogP contribution in [0.4, 0.5) is 13.2 Å². The third kappa shape index (κ3) is 6.77. The van der Waals surface area contributed by atoms with Gasteiger partial charge in [-0.2, -0.15) is 18.2 Å². The summed E-state index contributed by atoms with van der Waals surface area (Å²) >= 11 is 3.01. The van der Waals surface area contributed by atoms with E-state index in [0.29, 0.717) is 0 Å². The minimum atomic E-state index is -4.56. The minimum Gasteiger partial charge on any atom is -0.483 e. The Bertz CT molecular complexity index is 1010. The van der Waals surface area contributed by atoms with Crippen LogP contribution in [0.5, 0.6) is 5.75 Å². The number of hydrogen-bond donors (Lipinski definition) is 0. The number of carbonyl (C=O) groups excluding carboxylic acids is 1. The molecule has 1 unspecified atom stereocenters. The summed E-state index contributed by atoms with van der Waals surface area (Å²) in [6.45, 7) is 1.45. The molecule has 0 aliphatic carbocycles. The summed E-state index contributed by atoms with van der Waals surface area (Å²) in [5.41, 5.74) is -1.52. The number of aryl methyl sites for hydroxylation is 1. The van der Waals surface area contributed by atoms with Gasteiger partial charge >= 0.3 is 6.18 Å². The van der Waals surface area contributed by atoms with Crippen molar-refractivity contribution in [3.63, 3.8) is 0 Å². The SMILES string of the molecule is Cc1nc(C(C)(CC(=O)c2cc(OCC(F)(F)F)c(Br)cn2)CS(C)(=O)=O)no1. The fourth-order valence-corrected chi connectivity index (χ4v) is 4.33. The molecule has 2 aromatic rings. The van der Waals surface area contributed by atoms with Crippen molar-refractivity contribution in [2.24, 2.45) is 0 Å². The second-order valence-electron chi connectivity index (χ2n) is 6.77. The van der Waals surface area contributed by atoms with E-state index in [4.69, 9.17) is 9.26 Å². The summed E-state index contributed by atoms with van der Waals surface area (Å²) < 4.78 is 70.7. The highest BCUT2D eigenvalue weighted by Gasteiger charge is 2.38. The number of halogens is 4. The van der Waals surface area contributed by atoms with Crippen LogP contribution in [0.2, 0.25) is 0 Å². The van der Waals surface area contributed by atoms with Crippen LogP contribution in [0.25, 0.3) is 0 Å². The molecule has 2 heterocycles. The monoisotopic (exact) mass is 499 g/mol. The average Bonchev–Trinajstić information content (AvgIpc) is 2.98. The maximum absolute atomic E-state index is 12.8. The quantitative estimate of drug-likeness (QED) is 0.509. The first-order valence-electron chi connectivity index (χ1n) is 8.05. The highest BCUT2D eigenvalue weighted by molar-refractivity contribution is 9.10. The smallest absolute Gasteiger partial charge is 0.422 e. The van der Waals surface area contributed by atoms with E-state index in [0.717, 1.165) is 18.5 Å². The number of pyridine rings is 1. The number of sulfone groups is 1. The van der Waals surface area contributed by atoms with Gasteiger partial charge in [-0.15, -0.1) is 0 Å². The molecule has 0 aliphatic rings. The zero-order valence-electron chi connectivity index (χ0n) is 15.6. The van der Waals surface area contributed by atoms with Crippen molar-refractivity contribution in [1.82, 2.24) is 15.1 Å². The Morgan fingerprint density at radius 3 is 2.52 bits per heavy atom. The van der Waals surface area contributed by atoms with Crippen LogP contribution < -0.4 is 4.74 Å². The standard InChI is InChI=1S/C16H17BrF3N3O5S/c1-9-22-14(23-28-9)15(2,8-29(3,25)26)5-12(24)11-4-13(10(17)6-21-11)27-7-16(18,19)20/h4,6H,5,7-8H2,1-3H3. The number of nitrogens with zero attached hydrogens (tertiary/aromatic N) is 3. The van der Waals surface area contributed by atoms with E-state index in [9.17, 15) is 26.4 Å². The molecule has 8 nitrogen and oxygen atoms in total. The molecular weight excluding hydrogens is 483 g/mol. The molecule has 0 saturated heterocycles. The second kappa shape index (κ2) is 8.38. The molecule has 13 heteroatoms. The van der Waals surface area contributed by atoms with E-state index in [1.807, 2.05) is 0 Å². The molecule has 0 saturated carbocycles. The maximum Gasteiger partial charge on any atom is 0.422 e. The summed E-state index contributed by atoms with van der Waals surface area (Å²) in [6, 6.07) is 1.06. The van der Waals surface area contributed by atoms with Crippen LogP contribution >= 0.6 is 15.9 Å². The van der Waals surface area contributed by atoms with Crippen molar-refractivity contribution in [2.45, 2.75) is 31.9 Å². The predicted octanol–water partition coefficient (Wildman–Crippen LogP) is 3.05. The van der Waals surface area contributed by atoms with Gasteiger partial charge in [0.25, 0.3) is 0 Å². The third-order valence-electron chi connectivity index (χ3n) is 3.70. The number of aromatic nitrogens is 3. The van der Waals surface area contributed by atoms with Gasteiger partial charge in [-0.05, 0) is 15.9 Å². The number of ketones is 1. The number of carbonyl (C=O) groups is 1. The van der Waals surface area contributed by atoms with E-state index in [1.54, 1.807) is 0 Å². The van der Waals surface area contributed by atoms with Gasteiger partial charge in [-0.3, -0.25) is 9.78 Å². The fraction of sp³-hybridized carbons (Fsp3) is 0.500. The van der Waals surface area contributed by atoms with Crippen molar-refractivity contribution in [2.75, 3.05) is 18.6 Å². The summed E-state index contributed by atoms with van der Waals surface area (Å²) in [7, 11) is -3.54. The fourth-order valence-electron chi connectivity index (χ4n) is 2.61. The summed E-state index contributed by atoms with van der Waals surface area (Å²) in [6.07, 6.45) is -2.79. The van der Waals surface area contributed by atoms with Crippen molar-refractivity contribution < 1.29 is 35.6 Å². The van der Waals surface area contributed by atoms with Crippen molar-refractivity contribution in [1.29, 1.82) is 0 Å². The van der Waals surface area contributed by atoms with Gasteiger partial charge in [-0.25, -0.2) is 8.42 Å². The molecule has 2 rings (SSSR count). The summed E-state index contributed by atoms with van der Waals surface area (Å²) in [5, 5.41) is 3.73. The molecule has 0 radical (unpaired) electrons. The Labute approximate surface area is 172 Å². The van der Waals surface area contributed by atoms with Gasteiger partial charge < -0.3 is 9.26 Å². The highest BCUT2D eigenvalue weighted by atomic mass is 79.9. The van der Waals surface area contributed by atoms with E-state index >= 15 is 0 Å². The van der Waals surface area contributed by atoms with Gasteiger partial charge in [0.05, 0.1) is 15.6 Å². The van der Waals surface area contributed by atoms with Gasteiger partial charge in [0.15, 0.2) is 18.2 Å². The number of alkyl halides is 3. The van der Waals surface area contributed by atoms with E-state index < -0.39 is 39.6 Å². The molecule has 0 aliphatic heterocycles. The molecule has 2 aromatic heterocycles. The normalized spacial score (nSPS) is 14.4. The van der Waals surface area contributed by atoms with Crippen molar-refractivity contribution in [3.8, 4) is 5.75 Å². The second-order valence-corrected chi connectivity index (χ2v) is 9.77. The van der Waals surface area contributed by atoms with E-state index in [1.165, 1.54) is 13.8 Å². The van der Waals surface area contributed by atoms with Gasteiger partial charge in [0, 0.05) is 31.9 Å². The van der Waals surface area contributed by atoms with Crippen LogP contribution in [0.15, 0.2) is 21.3 Å². The topological polar surface area (TPSA) is 112 Å². The van der Waals surface area contributed by atoms with Crippen molar-refractivity contribution in [3.05, 3.63) is 34.1 Å². The number of Topliss-reactive ketones (excluding diaryl/α,β-unsaturated/α-hetero) is 1. The molecule has 1 atom stereocenters. The Balaban J connectivity index is 2.32. The zero-order chi connectivity index (χ0) is 22.0. The molecular formula is C16H17BrF3N3O5S. The summed E-state index contributed by atoms with van der Waals surface area (Å²) in [5.74, 6) is -1.07. The van der Waals surface area contributed by atoms with Crippen LogP contribution in [-0.2, 0) is 15.3 Å². The van der Waals surface area contributed by atoms with Crippen LogP contribution in [0.1, 0.15) is 35.5 Å². The van der Waals surface area contributed by atoms with E-state index in [-0.39, 0.29) is 34.1 Å². The minimum absolute atomic E-state index is 0.0273. The van der Waals surface area contributed by atoms with Gasteiger partial charge in [0.2, 0.25) is 5.89 Å². The first kappa shape index (κ1) is 23.3. The third-order valence-corrected chi connectivity index (χ3v) is 5.45. The lowest BCUT2D eigenvalue weighted by molar-refractivity contribution is -0.153. The van der Waals surface area contributed by atoms with Gasteiger partial charge in [-0.1, -0.05) is 12.1 Å². The zero-order valence-corrected chi connectivity index (χ0v) is 18.0. The maximum atomic E-state index is 12.8. The first-order valence-corrected chi connectivity index (χ1v) is 10.9. The predicted molar refractivity (Wildman–Crippen MR) is 98.5 cm³/mol. The molecule has 0 spiro atoms. The Kier molecular flexibility index (Phi) is 6.72. The van der Waals surface area contributed by atoms with Crippen LogP contribution in [0.3, 0.4) is 0 Å². The molecule has 0 fully saturated rings. The molecule has 0 N–H and O–H groups in total. The summed E-state index contributed by atoms with van der Waals surface area (Å²) in [4.78, 5) is 20.7.